The van der Waals surface area contributed by atoms with Crippen molar-refractivity contribution < 1.29 is 22.1 Å². The lowest BCUT2D eigenvalue weighted by atomic mass is 10.8. The lowest BCUT2D eigenvalue weighted by molar-refractivity contribution is -0.144. The van der Waals surface area contributed by atoms with Gasteiger partial charge in [0.05, 0.1) is 6.26 Å². The molecule has 0 aromatic carbocycles. The van der Waals surface area contributed by atoms with Gasteiger partial charge in [0.15, 0.2) is 0 Å². The van der Waals surface area contributed by atoms with E-state index in [2.05, 4.69) is 8.92 Å². The van der Waals surface area contributed by atoms with Crippen LogP contribution in [0.3, 0.4) is 0 Å². The first kappa shape index (κ1) is 9.38. The van der Waals surface area contributed by atoms with Crippen LogP contribution in [0.5, 0.6) is 0 Å². The van der Waals surface area contributed by atoms with Gasteiger partial charge in [-0.3, -0.25) is 4.79 Å². The SMILES string of the molecule is CC(OC=O)OS(C)(=O)=O. The summed E-state index contributed by atoms with van der Waals surface area (Å²) in [4.78, 5) is 9.60. The molecule has 0 N–H and O–H groups in total. The molecule has 60 valence electrons. The maximum atomic E-state index is 10.3. The fraction of sp³-hybridized carbons (Fsp3) is 0.750. The predicted octanol–water partition coefficient (Wildman–Crippen LogP) is -0.518. The summed E-state index contributed by atoms with van der Waals surface area (Å²) < 4.78 is 28.9. The van der Waals surface area contributed by atoms with Crippen LogP contribution in [-0.4, -0.2) is 27.4 Å². The molecule has 6 heteroatoms. The first-order valence-corrected chi connectivity index (χ1v) is 4.24. The second-order valence-corrected chi connectivity index (χ2v) is 3.20. The highest BCUT2D eigenvalue weighted by Crippen LogP contribution is 1.95. The third-order valence-corrected chi connectivity index (χ3v) is 1.18. The minimum absolute atomic E-state index is 0.121. The smallest absolute Gasteiger partial charge is 0.295 e. The van der Waals surface area contributed by atoms with Gasteiger partial charge < -0.3 is 4.74 Å². The summed E-state index contributed by atoms with van der Waals surface area (Å²) in [6, 6.07) is 0. The standard InChI is InChI=1S/C4H8O5S/c1-4(8-3-5)9-10(2,6)7/h3-4H,1-2H3. The van der Waals surface area contributed by atoms with Crippen LogP contribution in [0, 0.1) is 0 Å². The van der Waals surface area contributed by atoms with Crippen molar-refractivity contribution in [3.8, 4) is 0 Å². The Morgan fingerprint density at radius 2 is 2.00 bits per heavy atom. The lowest BCUT2D eigenvalue weighted by Gasteiger charge is -2.06. The van der Waals surface area contributed by atoms with Gasteiger partial charge >= 0.3 is 0 Å². The monoisotopic (exact) mass is 168 g/mol. The molecule has 0 aliphatic carbocycles. The number of ether oxygens (including phenoxy) is 1. The fourth-order valence-corrected chi connectivity index (χ4v) is 0.885. The van der Waals surface area contributed by atoms with Crippen molar-refractivity contribution >= 4 is 16.6 Å². The highest BCUT2D eigenvalue weighted by atomic mass is 32.2. The minimum atomic E-state index is -3.53. The number of hydrogen-bond acceptors (Lipinski definition) is 5. The molecule has 0 heterocycles. The number of hydrogen-bond donors (Lipinski definition) is 0. The summed E-state index contributed by atoms with van der Waals surface area (Å²) in [5, 5.41) is 0. The normalized spacial score (nSPS) is 14.2. The van der Waals surface area contributed by atoms with Gasteiger partial charge in [0.25, 0.3) is 16.6 Å². The van der Waals surface area contributed by atoms with E-state index >= 15 is 0 Å². The zero-order valence-electron chi connectivity index (χ0n) is 5.60. The van der Waals surface area contributed by atoms with E-state index in [1.165, 1.54) is 6.92 Å². The van der Waals surface area contributed by atoms with Gasteiger partial charge in [-0.1, -0.05) is 0 Å². The molecule has 0 aromatic rings. The molecule has 0 amide bonds. The first-order valence-electron chi connectivity index (χ1n) is 2.43. The highest BCUT2D eigenvalue weighted by Gasteiger charge is 2.09. The largest absolute Gasteiger partial charge is 0.437 e. The van der Waals surface area contributed by atoms with E-state index in [1.807, 2.05) is 0 Å². The molecule has 0 saturated heterocycles. The topological polar surface area (TPSA) is 69.7 Å². The van der Waals surface area contributed by atoms with Gasteiger partial charge in [-0.2, -0.15) is 8.42 Å². The van der Waals surface area contributed by atoms with E-state index in [9.17, 15) is 13.2 Å². The molecular weight excluding hydrogens is 160 g/mol. The molecular formula is C4H8O5S. The van der Waals surface area contributed by atoms with Crippen LogP contribution in [0.4, 0.5) is 0 Å². The van der Waals surface area contributed by atoms with Crippen molar-refractivity contribution in [1.82, 2.24) is 0 Å². The highest BCUT2D eigenvalue weighted by molar-refractivity contribution is 7.86. The molecule has 0 saturated carbocycles. The van der Waals surface area contributed by atoms with Gasteiger partial charge in [0, 0.05) is 0 Å². The van der Waals surface area contributed by atoms with E-state index in [0.717, 1.165) is 6.26 Å². The van der Waals surface area contributed by atoms with Crippen molar-refractivity contribution in [3.63, 3.8) is 0 Å². The molecule has 1 unspecified atom stereocenters. The quantitative estimate of drug-likeness (QED) is 0.321. The van der Waals surface area contributed by atoms with Gasteiger partial charge in [0.1, 0.15) is 0 Å². The van der Waals surface area contributed by atoms with Crippen molar-refractivity contribution in [2.75, 3.05) is 6.26 Å². The molecule has 0 aromatic heterocycles. The molecule has 1 atom stereocenters. The van der Waals surface area contributed by atoms with Gasteiger partial charge in [-0.15, -0.1) is 0 Å². The summed E-state index contributed by atoms with van der Waals surface area (Å²) in [6.45, 7) is 1.42. The van der Waals surface area contributed by atoms with E-state index < -0.39 is 16.4 Å². The Kier molecular flexibility index (Phi) is 3.31. The zero-order valence-corrected chi connectivity index (χ0v) is 6.42. The first-order chi connectivity index (χ1) is 4.45. The molecule has 0 fully saturated rings. The van der Waals surface area contributed by atoms with Crippen LogP contribution in [0.25, 0.3) is 0 Å². The van der Waals surface area contributed by atoms with Crippen LogP contribution in [0.15, 0.2) is 0 Å². The van der Waals surface area contributed by atoms with Crippen molar-refractivity contribution in [3.05, 3.63) is 0 Å². The van der Waals surface area contributed by atoms with E-state index in [4.69, 9.17) is 0 Å². The van der Waals surface area contributed by atoms with Crippen LogP contribution >= 0.6 is 0 Å². The number of carbonyl (C=O) groups is 1. The molecule has 0 bridgehead atoms. The average Bonchev–Trinajstić information content (AvgIpc) is 1.59. The molecule has 0 aliphatic rings. The molecule has 0 radical (unpaired) electrons. The Morgan fingerprint density at radius 1 is 1.50 bits per heavy atom. The average molecular weight is 168 g/mol. The van der Waals surface area contributed by atoms with Gasteiger partial charge in [-0.05, 0) is 6.92 Å². The summed E-state index contributed by atoms with van der Waals surface area (Å²) in [5.41, 5.74) is 0. The summed E-state index contributed by atoms with van der Waals surface area (Å²) in [5.74, 6) is 0. The molecule has 0 aliphatic heterocycles. The summed E-state index contributed by atoms with van der Waals surface area (Å²) >= 11 is 0. The Labute approximate surface area is 59.1 Å². The second-order valence-electron chi connectivity index (χ2n) is 1.60. The number of carbonyl (C=O) groups excluding carboxylic acids is 1. The minimum Gasteiger partial charge on any atom is -0.437 e. The molecule has 5 nitrogen and oxygen atoms in total. The molecule has 0 rings (SSSR count). The number of rotatable bonds is 4. The maximum absolute atomic E-state index is 10.3. The van der Waals surface area contributed by atoms with E-state index in [0.29, 0.717) is 0 Å². The van der Waals surface area contributed by atoms with Crippen molar-refractivity contribution in [2.45, 2.75) is 13.2 Å². The van der Waals surface area contributed by atoms with E-state index in [1.54, 1.807) is 0 Å². The Hall–Kier alpha value is -0.620. The Morgan fingerprint density at radius 3 is 2.30 bits per heavy atom. The van der Waals surface area contributed by atoms with Gasteiger partial charge in [0.2, 0.25) is 6.29 Å². The second kappa shape index (κ2) is 3.52. The summed E-state index contributed by atoms with van der Waals surface area (Å²) in [7, 11) is -3.53. The Balaban J connectivity index is 3.80. The van der Waals surface area contributed by atoms with Crippen molar-refractivity contribution in [1.29, 1.82) is 0 Å². The Bertz CT molecular complexity index is 194. The zero-order chi connectivity index (χ0) is 8.20. The lowest BCUT2D eigenvalue weighted by Crippen LogP contribution is -2.16. The van der Waals surface area contributed by atoms with E-state index in [-0.39, 0.29) is 6.47 Å². The van der Waals surface area contributed by atoms with Crippen LogP contribution in [0.2, 0.25) is 0 Å². The third kappa shape index (κ3) is 5.52. The molecule has 10 heavy (non-hydrogen) atoms. The van der Waals surface area contributed by atoms with Gasteiger partial charge in [-0.25, -0.2) is 4.18 Å². The fourth-order valence-electron chi connectivity index (χ4n) is 0.347. The predicted molar refractivity (Wildman–Crippen MR) is 32.5 cm³/mol. The molecule has 0 spiro atoms. The maximum Gasteiger partial charge on any atom is 0.295 e. The third-order valence-electron chi connectivity index (χ3n) is 0.557. The van der Waals surface area contributed by atoms with Crippen LogP contribution in [0.1, 0.15) is 6.92 Å². The van der Waals surface area contributed by atoms with Crippen LogP contribution in [-0.2, 0) is 23.8 Å². The van der Waals surface area contributed by atoms with Crippen LogP contribution < -0.4 is 0 Å². The summed E-state index contributed by atoms with van der Waals surface area (Å²) in [6.07, 6.45) is -0.176. The van der Waals surface area contributed by atoms with Crippen molar-refractivity contribution in [2.24, 2.45) is 0 Å².